The minimum absolute atomic E-state index is 0.0651. The molecule has 0 radical (unpaired) electrons. The van der Waals surface area contributed by atoms with Gasteiger partial charge in [0.2, 0.25) is 0 Å². The summed E-state index contributed by atoms with van der Waals surface area (Å²) in [6, 6.07) is 6.29. The summed E-state index contributed by atoms with van der Waals surface area (Å²) in [5.74, 6) is -0.291. The Labute approximate surface area is 170 Å². The number of methoxy groups -OCH3 is 1. The Balaban J connectivity index is 2.40. The van der Waals surface area contributed by atoms with E-state index < -0.39 is 6.04 Å². The second kappa shape index (κ2) is 14.0. The summed E-state index contributed by atoms with van der Waals surface area (Å²) >= 11 is 0. The number of benzene rings is 1. The average molecular weight is 392 g/mol. The fraction of sp³-hybridized carbons (Fsp3) is 0.652. The van der Waals surface area contributed by atoms with E-state index in [0.717, 1.165) is 12.8 Å². The van der Waals surface area contributed by atoms with E-state index in [2.05, 4.69) is 12.2 Å². The molecule has 28 heavy (non-hydrogen) atoms. The summed E-state index contributed by atoms with van der Waals surface area (Å²) < 4.78 is 10.6. The molecule has 1 amide bonds. The first-order valence-electron chi connectivity index (χ1n) is 10.6. The number of rotatable bonds is 14. The Kier molecular flexibility index (Phi) is 12.0. The van der Waals surface area contributed by atoms with Gasteiger partial charge in [-0.25, -0.2) is 4.79 Å². The molecule has 0 saturated heterocycles. The monoisotopic (exact) mass is 391 g/mol. The number of nitrogens with one attached hydrogen (secondary N) is 1. The molecule has 0 aliphatic rings. The predicted molar refractivity (Wildman–Crippen MR) is 113 cm³/mol. The van der Waals surface area contributed by atoms with Crippen molar-refractivity contribution in [1.29, 1.82) is 0 Å². The Hall–Kier alpha value is -2.04. The van der Waals surface area contributed by atoms with E-state index >= 15 is 0 Å². The predicted octanol–water partition coefficient (Wildman–Crippen LogP) is 5.13. The van der Waals surface area contributed by atoms with Crippen LogP contribution in [0.3, 0.4) is 0 Å². The van der Waals surface area contributed by atoms with Crippen molar-refractivity contribution in [2.45, 2.75) is 78.2 Å². The van der Waals surface area contributed by atoms with Gasteiger partial charge in [0.15, 0.2) is 0 Å². The van der Waals surface area contributed by atoms with Gasteiger partial charge < -0.3 is 14.8 Å². The highest BCUT2D eigenvalue weighted by molar-refractivity contribution is 5.99. The maximum atomic E-state index is 12.6. The molecule has 0 aromatic heterocycles. The second-order valence-electron chi connectivity index (χ2n) is 7.54. The number of hydrogen-bond donors (Lipinski definition) is 1. The number of hydrogen-bond acceptors (Lipinski definition) is 4. The Morgan fingerprint density at radius 1 is 0.964 bits per heavy atom. The molecule has 0 saturated carbocycles. The fourth-order valence-electron chi connectivity index (χ4n) is 3.05. The van der Waals surface area contributed by atoms with Gasteiger partial charge in [0.25, 0.3) is 5.91 Å². The van der Waals surface area contributed by atoms with E-state index in [-0.39, 0.29) is 17.8 Å². The van der Waals surface area contributed by atoms with Crippen molar-refractivity contribution < 1.29 is 19.1 Å². The first kappa shape index (κ1) is 24.0. The SMILES string of the molecule is CCCCCCCCCCOC(=O)C(NC(=O)c1ccccc1OC)C(C)C. The molecule has 1 aromatic rings. The Morgan fingerprint density at radius 2 is 1.57 bits per heavy atom. The molecule has 1 unspecified atom stereocenters. The number of esters is 1. The molecular formula is C23H37NO4. The summed E-state index contributed by atoms with van der Waals surface area (Å²) in [7, 11) is 1.52. The first-order valence-corrected chi connectivity index (χ1v) is 10.6. The van der Waals surface area contributed by atoms with Crippen LogP contribution in [0.25, 0.3) is 0 Å². The van der Waals surface area contributed by atoms with Gasteiger partial charge in [-0.15, -0.1) is 0 Å². The first-order chi connectivity index (χ1) is 13.5. The quantitative estimate of drug-likeness (QED) is 0.352. The summed E-state index contributed by atoms with van der Waals surface area (Å²) in [6.45, 7) is 6.41. The van der Waals surface area contributed by atoms with Crippen LogP contribution in [-0.4, -0.2) is 31.6 Å². The van der Waals surface area contributed by atoms with E-state index in [9.17, 15) is 9.59 Å². The van der Waals surface area contributed by atoms with Gasteiger partial charge in [0.05, 0.1) is 19.3 Å². The third-order valence-corrected chi connectivity index (χ3v) is 4.80. The standard InChI is InChI=1S/C23H37NO4/c1-5-6-7-8-9-10-11-14-17-28-23(26)21(18(2)3)24-22(25)19-15-12-13-16-20(19)27-4/h12-13,15-16,18,21H,5-11,14,17H2,1-4H3,(H,24,25). The van der Waals surface area contributed by atoms with Crippen molar-refractivity contribution in [2.24, 2.45) is 5.92 Å². The topological polar surface area (TPSA) is 64.6 Å². The van der Waals surface area contributed by atoms with E-state index in [1.54, 1.807) is 24.3 Å². The molecule has 0 fully saturated rings. The van der Waals surface area contributed by atoms with Crippen LogP contribution in [0.5, 0.6) is 5.75 Å². The molecule has 1 atom stereocenters. The maximum absolute atomic E-state index is 12.6. The number of amides is 1. The summed E-state index contributed by atoms with van der Waals surface area (Å²) in [5.41, 5.74) is 0.409. The van der Waals surface area contributed by atoms with Crippen LogP contribution in [0.2, 0.25) is 0 Å². The minimum atomic E-state index is -0.675. The van der Waals surface area contributed by atoms with Gasteiger partial charge in [-0.1, -0.05) is 77.8 Å². The number of carbonyl (C=O) groups is 2. The van der Waals surface area contributed by atoms with Gasteiger partial charge >= 0.3 is 5.97 Å². The lowest BCUT2D eigenvalue weighted by Gasteiger charge is -2.21. The zero-order valence-electron chi connectivity index (χ0n) is 18.0. The normalized spacial score (nSPS) is 11.9. The van der Waals surface area contributed by atoms with Crippen LogP contribution in [0.15, 0.2) is 24.3 Å². The third kappa shape index (κ3) is 8.77. The van der Waals surface area contributed by atoms with E-state index in [0.29, 0.717) is 17.9 Å². The lowest BCUT2D eigenvalue weighted by molar-refractivity contribution is -0.147. The number of ether oxygens (including phenoxy) is 2. The van der Waals surface area contributed by atoms with Gasteiger partial charge in [-0.3, -0.25) is 4.79 Å². The molecule has 1 rings (SSSR count). The second-order valence-corrected chi connectivity index (χ2v) is 7.54. The minimum Gasteiger partial charge on any atom is -0.496 e. The molecule has 0 aliphatic heterocycles. The summed E-state index contributed by atoms with van der Waals surface area (Å²) in [6.07, 6.45) is 9.54. The van der Waals surface area contributed by atoms with Crippen LogP contribution < -0.4 is 10.1 Å². The highest BCUT2D eigenvalue weighted by Gasteiger charge is 2.27. The average Bonchev–Trinajstić information content (AvgIpc) is 2.70. The smallest absolute Gasteiger partial charge is 0.328 e. The van der Waals surface area contributed by atoms with Crippen molar-refractivity contribution in [1.82, 2.24) is 5.32 Å². The van der Waals surface area contributed by atoms with Gasteiger partial charge in [0, 0.05) is 0 Å². The van der Waals surface area contributed by atoms with Crippen LogP contribution in [0.4, 0.5) is 0 Å². The maximum Gasteiger partial charge on any atom is 0.328 e. The Morgan fingerprint density at radius 3 is 2.18 bits per heavy atom. The molecule has 0 spiro atoms. The molecular weight excluding hydrogens is 354 g/mol. The fourth-order valence-corrected chi connectivity index (χ4v) is 3.05. The van der Waals surface area contributed by atoms with Crippen molar-refractivity contribution in [2.75, 3.05) is 13.7 Å². The largest absolute Gasteiger partial charge is 0.496 e. The lowest BCUT2D eigenvalue weighted by Crippen LogP contribution is -2.45. The number of carbonyl (C=O) groups excluding carboxylic acids is 2. The highest BCUT2D eigenvalue weighted by atomic mass is 16.5. The van der Waals surface area contributed by atoms with E-state index in [1.165, 1.54) is 45.6 Å². The molecule has 5 heteroatoms. The zero-order chi connectivity index (χ0) is 20.8. The van der Waals surface area contributed by atoms with Crippen LogP contribution in [0.1, 0.15) is 82.5 Å². The summed E-state index contributed by atoms with van der Waals surface area (Å²) in [5, 5.41) is 2.79. The highest BCUT2D eigenvalue weighted by Crippen LogP contribution is 2.18. The van der Waals surface area contributed by atoms with Crippen molar-refractivity contribution in [3.63, 3.8) is 0 Å². The van der Waals surface area contributed by atoms with Crippen LogP contribution in [-0.2, 0) is 9.53 Å². The van der Waals surface area contributed by atoms with Crippen molar-refractivity contribution in [3.05, 3.63) is 29.8 Å². The molecule has 0 bridgehead atoms. The van der Waals surface area contributed by atoms with Gasteiger partial charge in [-0.05, 0) is 24.5 Å². The van der Waals surface area contributed by atoms with Gasteiger partial charge in [0.1, 0.15) is 11.8 Å². The molecule has 0 aliphatic carbocycles. The van der Waals surface area contributed by atoms with Crippen molar-refractivity contribution in [3.8, 4) is 5.75 Å². The molecule has 0 heterocycles. The molecule has 1 N–H and O–H groups in total. The van der Waals surface area contributed by atoms with Crippen LogP contribution in [0, 0.1) is 5.92 Å². The van der Waals surface area contributed by atoms with E-state index in [4.69, 9.17) is 9.47 Å². The lowest BCUT2D eigenvalue weighted by atomic mass is 10.0. The molecule has 1 aromatic carbocycles. The molecule has 5 nitrogen and oxygen atoms in total. The van der Waals surface area contributed by atoms with Gasteiger partial charge in [-0.2, -0.15) is 0 Å². The number of unbranched alkanes of at least 4 members (excludes halogenated alkanes) is 7. The third-order valence-electron chi connectivity index (χ3n) is 4.80. The van der Waals surface area contributed by atoms with Crippen LogP contribution >= 0.6 is 0 Å². The number of para-hydroxylation sites is 1. The Bertz CT molecular complexity index is 586. The summed E-state index contributed by atoms with van der Waals surface area (Å²) in [4.78, 5) is 25.0. The zero-order valence-corrected chi connectivity index (χ0v) is 18.0. The van der Waals surface area contributed by atoms with Crippen molar-refractivity contribution >= 4 is 11.9 Å². The molecule has 158 valence electrons. The van der Waals surface area contributed by atoms with E-state index in [1.807, 2.05) is 13.8 Å².